The molecule has 0 amide bonds. The molecule has 0 aliphatic carbocycles. The highest BCUT2D eigenvalue weighted by molar-refractivity contribution is 7.08. The van der Waals surface area contributed by atoms with E-state index in [4.69, 9.17) is 4.74 Å². The molecule has 0 saturated carbocycles. The van der Waals surface area contributed by atoms with Gasteiger partial charge in [0.25, 0.3) is 5.51 Å². The van der Waals surface area contributed by atoms with E-state index in [0.717, 1.165) is 33.0 Å². The van der Waals surface area contributed by atoms with Crippen molar-refractivity contribution in [2.24, 2.45) is 0 Å². The predicted molar refractivity (Wildman–Crippen MR) is 87.3 cm³/mol. The molecule has 0 radical (unpaired) electrons. The Morgan fingerprint density at radius 2 is 2.00 bits per heavy atom. The lowest BCUT2D eigenvalue weighted by atomic mass is 9.86. The number of nitrogens with zero attached hydrogens (tertiary/aromatic N) is 2. The number of aromatic hydroxyl groups is 1. The number of carbonyl (C=O) groups excluding carboxylic acids is 1. The normalized spacial score (nSPS) is 20.0. The fraction of sp³-hybridized carbons (Fsp3) is 0.471. The zero-order valence-electron chi connectivity index (χ0n) is 14.1. The van der Waals surface area contributed by atoms with Gasteiger partial charge in [-0.25, -0.2) is 4.79 Å². The van der Waals surface area contributed by atoms with Gasteiger partial charge in [-0.15, -0.1) is 0 Å². The molecule has 2 heterocycles. The van der Waals surface area contributed by atoms with Crippen LogP contribution in [-0.4, -0.2) is 21.7 Å². The van der Waals surface area contributed by atoms with Crippen molar-refractivity contribution >= 4 is 17.2 Å². The van der Waals surface area contributed by atoms with Crippen LogP contribution >= 0.6 is 11.3 Å². The number of aryl methyl sites for hydroxylation is 1. The summed E-state index contributed by atoms with van der Waals surface area (Å²) in [6.45, 7) is 9.37. The first-order valence-electron chi connectivity index (χ1n) is 7.64. The number of hydrogen-bond donors (Lipinski definition) is 1. The van der Waals surface area contributed by atoms with E-state index in [0.29, 0.717) is 18.6 Å². The Balaban J connectivity index is 2.04. The minimum absolute atomic E-state index is 0.157. The topological polar surface area (TPSA) is 63.3 Å². The number of carbonyl (C=O) groups is 1. The zero-order chi connectivity index (χ0) is 16.9. The van der Waals surface area contributed by atoms with Crippen molar-refractivity contribution in [3.8, 4) is 11.5 Å². The number of rotatable bonds is 1. The fourth-order valence-electron chi connectivity index (χ4n) is 3.06. The second-order valence-corrected chi connectivity index (χ2v) is 7.39. The van der Waals surface area contributed by atoms with Gasteiger partial charge < -0.3 is 9.84 Å². The number of ether oxygens (including phenoxy) is 1. The number of hydrogen-bond acceptors (Lipinski definition) is 5. The van der Waals surface area contributed by atoms with Crippen molar-refractivity contribution in [3.05, 3.63) is 32.8 Å². The van der Waals surface area contributed by atoms with E-state index in [2.05, 4.69) is 5.10 Å². The maximum absolute atomic E-state index is 12.8. The lowest BCUT2D eigenvalue weighted by Crippen LogP contribution is -2.59. The van der Waals surface area contributed by atoms with Gasteiger partial charge in [0.05, 0.1) is 0 Å². The summed E-state index contributed by atoms with van der Waals surface area (Å²) in [5.74, 6) is 0.895. The van der Waals surface area contributed by atoms with Crippen LogP contribution in [0.15, 0.2) is 5.51 Å². The maximum atomic E-state index is 12.8. The van der Waals surface area contributed by atoms with Crippen LogP contribution in [0.2, 0.25) is 0 Å². The first kappa shape index (κ1) is 15.9. The molecule has 0 fully saturated rings. The Labute approximate surface area is 139 Å². The highest BCUT2D eigenvalue weighted by Crippen LogP contribution is 2.43. The Morgan fingerprint density at radius 1 is 1.30 bits per heavy atom. The molecule has 1 atom stereocenters. The van der Waals surface area contributed by atoms with Crippen LogP contribution in [0.1, 0.15) is 45.4 Å². The molecule has 1 unspecified atom stereocenters. The molecule has 0 saturated heterocycles. The molecule has 5 nitrogen and oxygen atoms in total. The van der Waals surface area contributed by atoms with Gasteiger partial charge in [-0.3, -0.25) is 0 Å². The van der Waals surface area contributed by atoms with Gasteiger partial charge in [0, 0.05) is 17.1 Å². The lowest BCUT2D eigenvalue weighted by Gasteiger charge is -2.33. The molecule has 3 rings (SSSR count). The Kier molecular flexibility index (Phi) is 3.67. The summed E-state index contributed by atoms with van der Waals surface area (Å²) in [6.07, 6.45) is 1.26. The van der Waals surface area contributed by atoms with Crippen molar-refractivity contribution in [2.75, 3.05) is 0 Å². The summed E-state index contributed by atoms with van der Waals surface area (Å²) in [5, 5.41) is 15.3. The Bertz CT molecular complexity index is 813. The Morgan fingerprint density at radius 3 is 2.61 bits per heavy atom. The van der Waals surface area contributed by atoms with Gasteiger partial charge in [0.15, 0.2) is 5.01 Å². The van der Waals surface area contributed by atoms with Crippen LogP contribution in [0.4, 0.5) is 0 Å². The summed E-state index contributed by atoms with van der Waals surface area (Å²) < 4.78 is 7.55. The number of phenols is 1. The van der Waals surface area contributed by atoms with Gasteiger partial charge in [-0.2, -0.15) is 0 Å². The van der Waals surface area contributed by atoms with E-state index in [9.17, 15) is 9.90 Å². The van der Waals surface area contributed by atoms with Gasteiger partial charge in [0.1, 0.15) is 11.5 Å². The third-order valence-corrected chi connectivity index (χ3v) is 5.48. The molecule has 1 aromatic heterocycles. The summed E-state index contributed by atoms with van der Waals surface area (Å²) >= 11 is 1.43. The van der Waals surface area contributed by atoms with E-state index < -0.39 is 5.60 Å². The average Bonchev–Trinajstić information content (AvgIpc) is 2.96. The average molecular weight is 333 g/mol. The summed E-state index contributed by atoms with van der Waals surface area (Å²) in [6, 6.07) is 0. The lowest BCUT2D eigenvalue weighted by molar-refractivity contribution is -0.637. The van der Waals surface area contributed by atoms with Crippen molar-refractivity contribution < 1.29 is 19.3 Å². The van der Waals surface area contributed by atoms with Gasteiger partial charge in [0.2, 0.25) is 5.60 Å². The molecule has 1 aromatic carbocycles. The molecular weight excluding hydrogens is 312 g/mol. The molecule has 1 aliphatic rings. The highest BCUT2D eigenvalue weighted by Gasteiger charge is 2.48. The van der Waals surface area contributed by atoms with Crippen molar-refractivity contribution in [1.29, 1.82) is 0 Å². The summed E-state index contributed by atoms with van der Waals surface area (Å²) in [7, 11) is 0. The number of aromatic nitrogens is 2. The fourth-order valence-corrected chi connectivity index (χ4v) is 3.59. The van der Waals surface area contributed by atoms with Gasteiger partial charge in [-0.05, 0) is 62.4 Å². The summed E-state index contributed by atoms with van der Waals surface area (Å²) in [4.78, 5) is 12.8. The SMILES string of the molecule is Cc1n[n+](C(=O)C2(C)CCc3c(C)c(O)c(C)c(C)c3O2)cs1. The quantitative estimate of drug-likeness (QED) is 0.815. The van der Waals surface area contributed by atoms with Crippen LogP contribution in [0.3, 0.4) is 0 Å². The first-order chi connectivity index (χ1) is 10.7. The molecular formula is C17H21N2O3S+. The standard InChI is InChI=1S/C17H20N2O3S/c1-9-10(2)15-13(11(3)14(9)20)6-7-17(5,22-15)16(21)19-8-23-12(4)18-19/h8H,6-7H2,1-5H3/p+1. The Hall–Kier alpha value is -1.95. The molecule has 0 bridgehead atoms. The summed E-state index contributed by atoms with van der Waals surface area (Å²) in [5.41, 5.74) is 4.29. The van der Waals surface area contributed by atoms with Gasteiger partial charge >= 0.3 is 5.91 Å². The second-order valence-electron chi connectivity index (χ2n) is 6.36. The zero-order valence-corrected chi connectivity index (χ0v) is 14.9. The van der Waals surface area contributed by atoms with E-state index in [1.165, 1.54) is 16.0 Å². The molecule has 122 valence electrons. The van der Waals surface area contributed by atoms with E-state index in [1.54, 1.807) is 5.51 Å². The van der Waals surface area contributed by atoms with Gasteiger partial charge in [-0.1, -0.05) is 11.3 Å². The third-order valence-electron chi connectivity index (χ3n) is 4.75. The molecule has 0 spiro atoms. The van der Waals surface area contributed by atoms with Crippen molar-refractivity contribution in [1.82, 2.24) is 5.10 Å². The second kappa shape index (κ2) is 5.30. The molecule has 23 heavy (non-hydrogen) atoms. The number of phenolic OH excluding ortho intramolecular Hbond substituents is 1. The highest BCUT2D eigenvalue weighted by atomic mass is 32.1. The van der Waals surface area contributed by atoms with Crippen LogP contribution in [-0.2, 0) is 6.42 Å². The molecule has 1 N–H and O–H groups in total. The largest absolute Gasteiger partial charge is 0.507 e. The minimum Gasteiger partial charge on any atom is -0.507 e. The smallest absolute Gasteiger partial charge is 0.461 e. The van der Waals surface area contributed by atoms with Crippen LogP contribution in [0.25, 0.3) is 0 Å². The number of fused-ring (bicyclic) bond motifs is 1. The third kappa shape index (κ3) is 2.41. The van der Waals surface area contributed by atoms with Crippen LogP contribution in [0, 0.1) is 27.7 Å². The maximum Gasteiger partial charge on any atom is 0.461 e. The van der Waals surface area contributed by atoms with Crippen molar-refractivity contribution in [2.45, 2.75) is 53.1 Å². The van der Waals surface area contributed by atoms with Crippen LogP contribution < -0.4 is 9.42 Å². The van der Waals surface area contributed by atoms with Crippen molar-refractivity contribution in [3.63, 3.8) is 0 Å². The molecule has 2 aromatic rings. The number of benzene rings is 1. The van der Waals surface area contributed by atoms with E-state index in [-0.39, 0.29) is 5.91 Å². The predicted octanol–water partition coefficient (Wildman–Crippen LogP) is 2.79. The van der Waals surface area contributed by atoms with Crippen LogP contribution in [0.5, 0.6) is 11.5 Å². The molecule has 6 heteroatoms. The first-order valence-corrected chi connectivity index (χ1v) is 8.52. The minimum atomic E-state index is -0.946. The molecule has 1 aliphatic heterocycles. The monoisotopic (exact) mass is 333 g/mol. The van der Waals surface area contributed by atoms with E-state index in [1.807, 2.05) is 34.6 Å². The van der Waals surface area contributed by atoms with E-state index >= 15 is 0 Å².